The standard InChI is InChI=1S/C14H17FN2O3/c1-14(2,3)20-13(19)17-11(8-16-12(17)18)9-4-6-10(15)7-5-9/h4-7,11H,8H2,1-3H3,(H,16,18). The summed E-state index contributed by atoms with van der Waals surface area (Å²) in [5, 5.41) is 2.59. The van der Waals surface area contributed by atoms with Gasteiger partial charge in [0.25, 0.3) is 0 Å². The summed E-state index contributed by atoms with van der Waals surface area (Å²) >= 11 is 0. The van der Waals surface area contributed by atoms with Crippen molar-refractivity contribution in [2.24, 2.45) is 0 Å². The van der Waals surface area contributed by atoms with E-state index in [1.54, 1.807) is 32.9 Å². The van der Waals surface area contributed by atoms with E-state index in [2.05, 4.69) is 5.32 Å². The van der Waals surface area contributed by atoms with Crippen LogP contribution in [0.1, 0.15) is 32.4 Å². The topological polar surface area (TPSA) is 58.6 Å². The fraction of sp³-hybridized carbons (Fsp3) is 0.429. The van der Waals surface area contributed by atoms with E-state index < -0.39 is 23.8 Å². The van der Waals surface area contributed by atoms with Gasteiger partial charge in [-0.05, 0) is 38.5 Å². The van der Waals surface area contributed by atoms with E-state index in [0.29, 0.717) is 5.56 Å². The van der Waals surface area contributed by atoms with Gasteiger partial charge in [-0.25, -0.2) is 18.9 Å². The molecule has 1 aliphatic rings. The molecule has 0 bridgehead atoms. The average Bonchev–Trinajstić information content (AvgIpc) is 2.70. The van der Waals surface area contributed by atoms with Crippen LogP contribution in [0.4, 0.5) is 14.0 Å². The number of hydrogen-bond acceptors (Lipinski definition) is 3. The molecule has 5 nitrogen and oxygen atoms in total. The normalized spacial score (nSPS) is 18.9. The van der Waals surface area contributed by atoms with Gasteiger partial charge >= 0.3 is 12.1 Å². The largest absolute Gasteiger partial charge is 0.443 e. The van der Waals surface area contributed by atoms with Crippen LogP contribution in [0.5, 0.6) is 0 Å². The molecule has 1 unspecified atom stereocenters. The van der Waals surface area contributed by atoms with E-state index >= 15 is 0 Å². The predicted molar refractivity (Wildman–Crippen MR) is 70.6 cm³/mol. The zero-order valence-electron chi connectivity index (χ0n) is 11.6. The predicted octanol–water partition coefficient (Wildman–Crippen LogP) is 2.83. The number of nitrogens with zero attached hydrogens (tertiary/aromatic N) is 1. The Hall–Kier alpha value is -2.11. The lowest BCUT2D eigenvalue weighted by molar-refractivity contribution is 0.0298. The Balaban J connectivity index is 2.22. The molecule has 1 heterocycles. The zero-order valence-corrected chi connectivity index (χ0v) is 11.6. The van der Waals surface area contributed by atoms with Gasteiger partial charge in [0, 0.05) is 6.54 Å². The van der Waals surface area contributed by atoms with E-state index in [4.69, 9.17) is 4.74 Å². The Kier molecular flexibility index (Phi) is 3.65. The van der Waals surface area contributed by atoms with Crippen LogP contribution in [0.2, 0.25) is 0 Å². The SMILES string of the molecule is CC(C)(C)OC(=O)N1C(=O)NCC1c1ccc(F)cc1. The molecule has 2 rings (SSSR count). The molecule has 3 amide bonds. The number of benzene rings is 1. The summed E-state index contributed by atoms with van der Waals surface area (Å²) in [6, 6.07) is 4.71. The van der Waals surface area contributed by atoms with Crippen molar-refractivity contribution in [2.75, 3.05) is 6.54 Å². The number of imide groups is 1. The van der Waals surface area contributed by atoms with Crippen LogP contribution in [0.3, 0.4) is 0 Å². The van der Waals surface area contributed by atoms with E-state index in [1.807, 2.05) is 0 Å². The van der Waals surface area contributed by atoms with E-state index in [9.17, 15) is 14.0 Å². The van der Waals surface area contributed by atoms with Crippen molar-refractivity contribution in [1.29, 1.82) is 0 Å². The summed E-state index contributed by atoms with van der Waals surface area (Å²) < 4.78 is 18.2. The lowest BCUT2D eigenvalue weighted by Crippen LogP contribution is -2.40. The molecule has 1 aromatic rings. The number of ether oxygens (including phenoxy) is 1. The van der Waals surface area contributed by atoms with Crippen molar-refractivity contribution in [3.63, 3.8) is 0 Å². The van der Waals surface area contributed by atoms with Gasteiger partial charge in [0.2, 0.25) is 0 Å². The van der Waals surface area contributed by atoms with E-state index in [1.165, 1.54) is 12.1 Å². The molecule has 108 valence electrons. The first-order valence-corrected chi connectivity index (χ1v) is 6.33. The van der Waals surface area contributed by atoms with Crippen molar-refractivity contribution in [1.82, 2.24) is 10.2 Å². The van der Waals surface area contributed by atoms with E-state index in [-0.39, 0.29) is 12.4 Å². The highest BCUT2D eigenvalue weighted by atomic mass is 19.1. The number of nitrogens with one attached hydrogen (secondary N) is 1. The van der Waals surface area contributed by atoms with Crippen LogP contribution in [-0.4, -0.2) is 29.2 Å². The monoisotopic (exact) mass is 280 g/mol. The second kappa shape index (κ2) is 5.11. The highest BCUT2D eigenvalue weighted by Gasteiger charge is 2.39. The number of urea groups is 1. The zero-order chi connectivity index (χ0) is 14.9. The molecule has 0 saturated carbocycles. The average molecular weight is 280 g/mol. The van der Waals surface area contributed by atoms with Gasteiger partial charge in [-0.15, -0.1) is 0 Å². The molecule has 20 heavy (non-hydrogen) atoms. The van der Waals surface area contributed by atoms with Crippen molar-refractivity contribution in [2.45, 2.75) is 32.4 Å². The van der Waals surface area contributed by atoms with Gasteiger partial charge in [0.05, 0.1) is 6.04 Å². The van der Waals surface area contributed by atoms with Gasteiger partial charge < -0.3 is 10.1 Å². The van der Waals surface area contributed by atoms with E-state index in [0.717, 1.165) is 4.90 Å². The Morgan fingerprint density at radius 3 is 2.50 bits per heavy atom. The van der Waals surface area contributed by atoms with Crippen LogP contribution >= 0.6 is 0 Å². The third-order valence-electron chi connectivity index (χ3n) is 2.82. The third-order valence-corrected chi connectivity index (χ3v) is 2.82. The summed E-state index contributed by atoms with van der Waals surface area (Å²) in [6.45, 7) is 5.47. The van der Waals surface area contributed by atoms with Gasteiger partial charge in [-0.3, -0.25) is 0 Å². The Labute approximate surface area is 116 Å². The lowest BCUT2D eigenvalue weighted by Gasteiger charge is -2.26. The molecule has 0 aliphatic carbocycles. The fourth-order valence-corrected chi connectivity index (χ4v) is 1.98. The summed E-state index contributed by atoms with van der Waals surface area (Å²) in [6.07, 6.45) is -0.707. The third kappa shape index (κ3) is 3.07. The van der Waals surface area contributed by atoms with Gasteiger partial charge in [0.1, 0.15) is 11.4 Å². The van der Waals surface area contributed by atoms with Crippen LogP contribution in [0, 0.1) is 5.82 Å². The minimum absolute atomic E-state index is 0.281. The maximum absolute atomic E-state index is 12.9. The van der Waals surface area contributed by atoms with Crippen molar-refractivity contribution < 1.29 is 18.7 Å². The molecule has 0 aromatic heterocycles. The van der Waals surface area contributed by atoms with Gasteiger partial charge in [-0.2, -0.15) is 0 Å². The maximum atomic E-state index is 12.9. The van der Waals surface area contributed by atoms with Gasteiger partial charge in [0.15, 0.2) is 0 Å². The molecular formula is C14H17FN2O3. The molecule has 1 atom stereocenters. The molecule has 0 spiro atoms. The smallest absolute Gasteiger partial charge is 0.419 e. The first-order chi connectivity index (χ1) is 9.28. The van der Waals surface area contributed by atoms with Gasteiger partial charge in [-0.1, -0.05) is 12.1 Å². The molecule has 1 fully saturated rings. The number of amides is 3. The highest BCUT2D eigenvalue weighted by Crippen LogP contribution is 2.26. The first-order valence-electron chi connectivity index (χ1n) is 6.33. The van der Waals surface area contributed by atoms with Crippen LogP contribution < -0.4 is 5.32 Å². The molecule has 1 aromatic carbocycles. The highest BCUT2D eigenvalue weighted by molar-refractivity contribution is 5.93. The molecule has 1 aliphatic heterocycles. The summed E-state index contributed by atoms with van der Waals surface area (Å²) in [5.74, 6) is -0.366. The number of rotatable bonds is 1. The fourth-order valence-electron chi connectivity index (χ4n) is 1.98. The van der Waals surface area contributed by atoms with Crippen LogP contribution in [-0.2, 0) is 4.74 Å². The van der Waals surface area contributed by atoms with Crippen molar-refractivity contribution >= 4 is 12.1 Å². The quantitative estimate of drug-likeness (QED) is 0.860. The number of carbonyl (C=O) groups is 2. The summed E-state index contributed by atoms with van der Waals surface area (Å²) in [7, 11) is 0. The molecular weight excluding hydrogens is 263 g/mol. The number of halogens is 1. The maximum Gasteiger partial charge on any atom is 0.419 e. The Morgan fingerprint density at radius 2 is 1.95 bits per heavy atom. The number of hydrogen-bond donors (Lipinski definition) is 1. The van der Waals surface area contributed by atoms with Crippen LogP contribution in [0.15, 0.2) is 24.3 Å². The summed E-state index contributed by atoms with van der Waals surface area (Å²) in [5.41, 5.74) is -0.0107. The minimum Gasteiger partial charge on any atom is -0.443 e. The first kappa shape index (κ1) is 14.3. The molecule has 0 radical (unpaired) electrons. The Bertz CT molecular complexity index is 522. The molecule has 1 saturated heterocycles. The second-order valence-electron chi connectivity index (χ2n) is 5.60. The molecule has 1 N–H and O–H groups in total. The summed E-state index contributed by atoms with van der Waals surface area (Å²) in [4.78, 5) is 24.9. The van der Waals surface area contributed by atoms with Crippen molar-refractivity contribution in [3.8, 4) is 0 Å². The second-order valence-corrected chi connectivity index (χ2v) is 5.60. The Morgan fingerprint density at radius 1 is 1.35 bits per heavy atom. The number of carbonyl (C=O) groups excluding carboxylic acids is 2. The lowest BCUT2D eigenvalue weighted by atomic mass is 10.1. The van der Waals surface area contributed by atoms with Crippen molar-refractivity contribution in [3.05, 3.63) is 35.6 Å². The van der Waals surface area contributed by atoms with Crippen LogP contribution in [0.25, 0.3) is 0 Å². The minimum atomic E-state index is -0.707. The molecule has 6 heteroatoms.